The Morgan fingerprint density at radius 3 is 2.30 bits per heavy atom. The summed E-state index contributed by atoms with van der Waals surface area (Å²) in [6.45, 7) is 8.66. The van der Waals surface area contributed by atoms with E-state index in [1.807, 2.05) is 18.2 Å². The first-order valence-corrected chi connectivity index (χ1v) is 19.7. The lowest BCUT2D eigenvalue weighted by atomic mass is 9.65. The molecule has 2 bridgehead atoms. The van der Waals surface area contributed by atoms with Gasteiger partial charge in [0.2, 0.25) is 5.91 Å². The van der Waals surface area contributed by atoms with Gasteiger partial charge in [-0.05, 0) is 90.9 Å². The van der Waals surface area contributed by atoms with E-state index < -0.39 is 21.5 Å². The van der Waals surface area contributed by atoms with Crippen LogP contribution in [-0.2, 0) is 21.5 Å². The van der Waals surface area contributed by atoms with E-state index in [2.05, 4.69) is 52.1 Å². The number of nitrogens with one attached hydrogen (secondary N) is 1. The molecular weight excluding hydrogens is 651 g/mol. The third kappa shape index (κ3) is 5.37. The maximum Gasteiger partial charge on any atom is 0.303 e. The van der Waals surface area contributed by atoms with Crippen molar-refractivity contribution in [3.8, 4) is 17.0 Å². The second-order valence-corrected chi connectivity index (χ2v) is 19.0. The second kappa shape index (κ2) is 11.5. The smallest absolute Gasteiger partial charge is 0.303 e. The Kier molecular flexibility index (Phi) is 7.79. The number of fused-ring (bicyclic) bond motifs is 9. The van der Waals surface area contributed by atoms with Crippen molar-refractivity contribution < 1.29 is 22.7 Å². The molecule has 0 radical (unpaired) electrons. The van der Waals surface area contributed by atoms with Crippen LogP contribution in [0.1, 0.15) is 92.1 Å². The number of hydrogen-bond acceptors (Lipinski definition) is 6. The van der Waals surface area contributed by atoms with E-state index in [9.17, 15) is 13.2 Å². The van der Waals surface area contributed by atoms with Gasteiger partial charge in [-0.15, -0.1) is 0 Å². The van der Waals surface area contributed by atoms with Gasteiger partial charge in [0.25, 0.3) is 5.91 Å². The number of amides is 2. The number of nitrogens with zero attached hydrogens (tertiary/aromatic N) is 4. The number of benzene rings is 2. The van der Waals surface area contributed by atoms with Gasteiger partial charge in [-0.1, -0.05) is 39.2 Å². The minimum absolute atomic E-state index is 0.0388. The predicted molar refractivity (Wildman–Crippen MR) is 195 cm³/mol. The molecule has 0 spiro atoms. The fourth-order valence-corrected chi connectivity index (χ4v) is 11.4. The van der Waals surface area contributed by atoms with Crippen molar-refractivity contribution in [3.63, 3.8) is 0 Å². The molecule has 4 heterocycles. The molecule has 3 aromatic rings. The van der Waals surface area contributed by atoms with Crippen LogP contribution in [0.4, 0.5) is 0 Å². The molecule has 2 aromatic carbocycles. The van der Waals surface area contributed by atoms with Crippen LogP contribution in [0.25, 0.3) is 22.2 Å². The Balaban J connectivity index is 1.30. The molecule has 50 heavy (non-hydrogen) atoms. The lowest BCUT2D eigenvalue weighted by Crippen LogP contribution is -2.63. The zero-order chi connectivity index (χ0) is 35.4. The minimum atomic E-state index is -3.97. The molecule has 4 atom stereocenters. The quantitative estimate of drug-likeness (QED) is 0.360. The monoisotopic (exact) mass is 701 g/mol. The van der Waals surface area contributed by atoms with Gasteiger partial charge >= 0.3 is 10.2 Å². The standard InChI is InChI=1S/C39H51N5O5S/c1-37-19-38(2,21-42(5)20-37)23-43(22-37)36(46)39-18-31(39)30-17-27(49-6)13-15-28(30)34-33(25-10-8-7-9-11-25)29-14-12-26(16-32(29)44(34)24-39)35(45)40-50(47,48)41(3)4/h12-17,25,31H,7-11,18-24H2,1-6H3,(H,40,45). The van der Waals surface area contributed by atoms with E-state index in [0.29, 0.717) is 12.5 Å². The van der Waals surface area contributed by atoms with Gasteiger partial charge in [-0.25, -0.2) is 4.72 Å². The number of rotatable bonds is 6. The Labute approximate surface area is 296 Å². The third-order valence-electron chi connectivity index (χ3n) is 12.5. The molecule has 2 amide bonds. The van der Waals surface area contributed by atoms with Crippen molar-refractivity contribution in [1.29, 1.82) is 0 Å². The summed E-state index contributed by atoms with van der Waals surface area (Å²) in [6, 6.07) is 11.9. The van der Waals surface area contributed by atoms with E-state index >= 15 is 4.79 Å². The van der Waals surface area contributed by atoms with Crippen molar-refractivity contribution in [2.75, 3.05) is 54.4 Å². The van der Waals surface area contributed by atoms with Gasteiger partial charge in [-0.2, -0.15) is 12.7 Å². The highest BCUT2D eigenvalue weighted by Crippen LogP contribution is 2.66. The highest BCUT2D eigenvalue weighted by molar-refractivity contribution is 7.87. The number of methoxy groups -OCH3 is 1. The van der Waals surface area contributed by atoms with Crippen LogP contribution in [0.15, 0.2) is 36.4 Å². The molecule has 8 rings (SSSR count). The van der Waals surface area contributed by atoms with Crippen LogP contribution >= 0.6 is 0 Å². The molecular formula is C39H51N5O5S. The number of carbonyl (C=O) groups is 2. The zero-order valence-corrected chi connectivity index (χ0v) is 31.2. The number of likely N-dealkylation sites (tertiary alicyclic amines) is 2. The molecule has 2 aliphatic carbocycles. The van der Waals surface area contributed by atoms with E-state index in [0.717, 1.165) is 84.1 Å². The molecule has 3 aliphatic heterocycles. The number of carbonyl (C=O) groups excluding carboxylic acids is 2. The molecule has 2 saturated carbocycles. The van der Waals surface area contributed by atoms with E-state index in [1.165, 1.54) is 44.5 Å². The first kappa shape index (κ1) is 33.7. The average molecular weight is 702 g/mol. The molecule has 1 N–H and O–H groups in total. The number of piperidine rings is 2. The van der Waals surface area contributed by atoms with Crippen LogP contribution in [0.5, 0.6) is 5.75 Å². The highest BCUT2D eigenvalue weighted by Gasteiger charge is 2.65. The average Bonchev–Trinajstić information content (AvgIpc) is 3.72. The topological polar surface area (TPSA) is 104 Å². The van der Waals surface area contributed by atoms with E-state index in [4.69, 9.17) is 4.74 Å². The van der Waals surface area contributed by atoms with Crippen molar-refractivity contribution >= 4 is 32.9 Å². The summed E-state index contributed by atoms with van der Waals surface area (Å²) < 4.78 is 36.6. The Morgan fingerprint density at radius 1 is 0.940 bits per heavy atom. The van der Waals surface area contributed by atoms with Crippen LogP contribution in [0, 0.1) is 16.2 Å². The maximum absolute atomic E-state index is 15.2. The first-order valence-electron chi connectivity index (χ1n) is 18.2. The summed E-state index contributed by atoms with van der Waals surface area (Å²) in [5.74, 6) is 0.757. The van der Waals surface area contributed by atoms with Gasteiger partial charge in [-0.3, -0.25) is 9.59 Å². The Hall–Kier alpha value is -3.41. The zero-order valence-electron chi connectivity index (χ0n) is 30.3. The largest absolute Gasteiger partial charge is 0.497 e. The summed E-state index contributed by atoms with van der Waals surface area (Å²) in [6.07, 6.45) is 7.63. The van der Waals surface area contributed by atoms with E-state index in [1.54, 1.807) is 13.2 Å². The van der Waals surface area contributed by atoms with Gasteiger partial charge in [0, 0.05) is 74.8 Å². The molecule has 10 nitrogen and oxygen atoms in total. The number of hydrogen-bond donors (Lipinski definition) is 1. The molecule has 5 aliphatic rings. The lowest BCUT2D eigenvalue weighted by Gasteiger charge is -2.56. The molecule has 4 unspecified atom stereocenters. The van der Waals surface area contributed by atoms with Crippen molar-refractivity contribution in [1.82, 2.24) is 23.4 Å². The minimum Gasteiger partial charge on any atom is -0.497 e. The van der Waals surface area contributed by atoms with Crippen molar-refractivity contribution in [2.45, 2.75) is 77.2 Å². The van der Waals surface area contributed by atoms with Crippen LogP contribution in [0.2, 0.25) is 0 Å². The fraction of sp³-hybridized carbons (Fsp3) is 0.590. The first-order chi connectivity index (χ1) is 23.7. The van der Waals surface area contributed by atoms with Gasteiger partial charge in [0.1, 0.15) is 5.75 Å². The van der Waals surface area contributed by atoms with Crippen molar-refractivity contribution in [2.24, 2.45) is 16.2 Å². The number of aromatic nitrogens is 1. The Bertz CT molecular complexity index is 2000. The van der Waals surface area contributed by atoms with E-state index in [-0.39, 0.29) is 28.2 Å². The summed E-state index contributed by atoms with van der Waals surface area (Å²) >= 11 is 0. The maximum atomic E-state index is 15.2. The second-order valence-electron chi connectivity index (χ2n) is 17.1. The Morgan fingerprint density at radius 2 is 1.64 bits per heavy atom. The van der Waals surface area contributed by atoms with Crippen LogP contribution in [-0.4, -0.2) is 93.3 Å². The van der Waals surface area contributed by atoms with Crippen LogP contribution in [0.3, 0.4) is 0 Å². The summed E-state index contributed by atoms with van der Waals surface area (Å²) in [7, 11) is 2.71. The fourth-order valence-electron chi connectivity index (χ4n) is 10.8. The molecule has 1 aromatic heterocycles. The summed E-state index contributed by atoms with van der Waals surface area (Å²) in [4.78, 5) is 33.3. The molecule has 2 saturated heterocycles. The normalized spacial score (nSPS) is 29.6. The van der Waals surface area contributed by atoms with Crippen molar-refractivity contribution in [3.05, 3.63) is 53.1 Å². The SMILES string of the molecule is COc1ccc2c(c1)C1CC1(C(=O)N1CC3(C)CN(C)CC(C)(C1)C3)Cn1c-2c(C2CCCCC2)c2ccc(C(=O)NS(=O)(=O)N(C)C)cc21. The van der Waals surface area contributed by atoms with Crippen LogP contribution < -0.4 is 9.46 Å². The lowest BCUT2D eigenvalue weighted by molar-refractivity contribution is -0.150. The molecule has 11 heteroatoms. The molecule has 268 valence electrons. The summed E-state index contributed by atoms with van der Waals surface area (Å²) in [5, 5.41) is 1.08. The van der Waals surface area contributed by atoms with Gasteiger partial charge in [0.15, 0.2) is 0 Å². The third-order valence-corrected chi connectivity index (χ3v) is 13.9. The van der Waals surface area contributed by atoms with Gasteiger partial charge in [0.05, 0.1) is 18.2 Å². The predicted octanol–water partition coefficient (Wildman–Crippen LogP) is 5.58. The number of ether oxygens (including phenoxy) is 1. The van der Waals surface area contributed by atoms with Gasteiger partial charge < -0.3 is 19.1 Å². The highest BCUT2D eigenvalue weighted by atomic mass is 32.2. The molecule has 4 fully saturated rings. The summed E-state index contributed by atoms with van der Waals surface area (Å²) in [5.41, 5.74) is 5.34.